The van der Waals surface area contributed by atoms with Gasteiger partial charge >= 0.3 is 0 Å². The molecule has 1 atom stereocenters. The van der Waals surface area contributed by atoms with Crippen LogP contribution in [-0.4, -0.2) is 33.8 Å². The number of carbonyl (C=O) groups excluding carboxylic acids is 1. The van der Waals surface area contributed by atoms with Crippen LogP contribution in [0.3, 0.4) is 0 Å². The zero-order valence-electron chi connectivity index (χ0n) is 15.5. The molecule has 2 aromatic heterocycles. The van der Waals surface area contributed by atoms with Gasteiger partial charge in [0.2, 0.25) is 0 Å². The highest BCUT2D eigenvalue weighted by atomic mass is 19.1. The maximum atomic E-state index is 14.6. The van der Waals surface area contributed by atoms with Crippen LogP contribution in [0.25, 0.3) is 11.3 Å². The zero-order chi connectivity index (χ0) is 20.6. The monoisotopic (exact) mass is 393 g/mol. The molecule has 3 heterocycles. The molecule has 2 N–H and O–H groups in total. The van der Waals surface area contributed by atoms with Crippen molar-refractivity contribution in [3.05, 3.63) is 83.6 Å². The van der Waals surface area contributed by atoms with Gasteiger partial charge in [0.1, 0.15) is 12.5 Å². The molecule has 6 nitrogen and oxygen atoms in total. The Labute approximate surface area is 165 Å². The Hall–Kier alpha value is -3.68. The minimum atomic E-state index is -1.57. The average molecular weight is 393 g/mol. The molecular formula is C21H17F2N5O. The largest absolute Gasteiger partial charge is 0.369 e. The summed E-state index contributed by atoms with van der Waals surface area (Å²) < 4.78 is 27.8. The molecular weight excluding hydrogens is 376 g/mol. The van der Waals surface area contributed by atoms with E-state index >= 15 is 0 Å². The van der Waals surface area contributed by atoms with Gasteiger partial charge in [-0.3, -0.25) is 19.7 Å². The average Bonchev–Trinajstić information content (AvgIpc) is 2.99. The summed E-state index contributed by atoms with van der Waals surface area (Å²) >= 11 is 0. The SMILES string of the molecule is CN1C(=O)C(c2ccnc(CF)c2)(c2ccc(F)c(-c3ccccn3)c2)N=C1N. The predicted octanol–water partition coefficient (Wildman–Crippen LogP) is 2.78. The van der Waals surface area contributed by atoms with Crippen LogP contribution in [0.5, 0.6) is 0 Å². The molecule has 29 heavy (non-hydrogen) atoms. The third kappa shape index (κ3) is 2.93. The first kappa shape index (κ1) is 18.7. The Kier molecular flexibility index (Phi) is 4.54. The van der Waals surface area contributed by atoms with E-state index in [2.05, 4.69) is 15.0 Å². The van der Waals surface area contributed by atoms with Crippen LogP contribution in [0.1, 0.15) is 16.8 Å². The molecule has 8 heteroatoms. The second-order valence-corrected chi connectivity index (χ2v) is 6.62. The van der Waals surface area contributed by atoms with Crippen molar-refractivity contribution in [3.63, 3.8) is 0 Å². The van der Waals surface area contributed by atoms with Crippen molar-refractivity contribution in [1.29, 1.82) is 0 Å². The van der Waals surface area contributed by atoms with Gasteiger partial charge in [0.25, 0.3) is 5.91 Å². The highest BCUT2D eigenvalue weighted by molar-refractivity contribution is 6.09. The Bertz CT molecular complexity index is 1120. The van der Waals surface area contributed by atoms with Crippen molar-refractivity contribution in [2.45, 2.75) is 12.2 Å². The van der Waals surface area contributed by atoms with Crippen molar-refractivity contribution in [1.82, 2.24) is 14.9 Å². The second kappa shape index (κ2) is 7.05. The van der Waals surface area contributed by atoms with Crippen LogP contribution in [0.2, 0.25) is 0 Å². The van der Waals surface area contributed by atoms with Crippen molar-refractivity contribution in [2.75, 3.05) is 7.05 Å². The lowest BCUT2D eigenvalue weighted by Gasteiger charge is -2.26. The Balaban J connectivity index is 1.98. The lowest BCUT2D eigenvalue weighted by Crippen LogP contribution is -2.41. The lowest BCUT2D eigenvalue weighted by molar-refractivity contribution is -0.129. The summed E-state index contributed by atoms with van der Waals surface area (Å²) in [7, 11) is 1.50. The molecule has 1 aromatic carbocycles. The molecule has 1 amide bonds. The number of benzene rings is 1. The highest BCUT2D eigenvalue weighted by Gasteiger charge is 2.49. The summed E-state index contributed by atoms with van der Waals surface area (Å²) in [4.78, 5) is 27.1. The minimum Gasteiger partial charge on any atom is -0.369 e. The third-order valence-electron chi connectivity index (χ3n) is 4.94. The molecule has 3 aromatic rings. The molecule has 1 aliphatic rings. The van der Waals surface area contributed by atoms with E-state index in [0.29, 0.717) is 16.8 Å². The van der Waals surface area contributed by atoms with Crippen LogP contribution in [0, 0.1) is 5.82 Å². The maximum Gasteiger partial charge on any atom is 0.266 e. The maximum absolute atomic E-state index is 14.6. The van der Waals surface area contributed by atoms with Crippen LogP contribution < -0.4 is 5.73 Å². The van der Waals surface area contributed by atoms with E-state index in [4.69, 9.17) is 5.73 Å². The van der Waals surface area contributed by atoms with Gasteiger partial charge in [-0.05, 0) is 47.5 Å². The molecule has 0 spiro atoms. The smallest absolute Gasteiger partial charge is 0.266 e. The van der Waals surface area contributed by atoms with Gasteiger partial charge in [0, 0.05) is 25.0 Å². The number of pyridine rings is 2. The molecule has 146 valence electrons. The zero-order valence-corrected chi connectivity index (χ0v) is 15.5. The fraction of sp³-hybridized carbons (Fsp3) is 0.143. The minimum absolute atomic E-state index is 0.0114. The van der Waals surface area contributed by atoms with Gasteiger partial charge in [-0.25, -0.2) is 13.8 Å². The summed E-state index contributed by atoms with van der Waals surface area (Å²) in [6, 6.07) is 12.5. The van der Waals surface area contributed by atoms with Gasteiger partial charge in [0.15, 0.2) is 11.5 Å². The standard InChI is InChI=1S/C21H17F2N5O/c1-28-19(29)21(27-20(28)24,14-7-9-25-15(10-14)12-22)13-5-6-17(23)16(11-13)18-4-2-3-8-26-18/h2-11H,12H2,1H3,(H2,24,27). The molecule has 0 aliphatic carbocycles. The number of rotatable bonds is 4. The summed E-state index contributed by atoms with van der Waals surface area (Å²) in [5.41, 5.74) is 5.97. The Morgan fingerprint density at radius 3 is 2.52 bits per heavy atom. The number of alkyl halides is 1. The normalized spacial score (nSPS) is 18.8. The van der Waals surface area contributed by atoms with Gasteiger partial charge in [-0.2, -0.15) is 0 Å². The van der Waals surface area contributed by atoms with E-state index in [1.54, 1.807) is 30.5 Å². The Morgan fingerprint density at radius 2 is 1.86 bits per heavy atom. The summed E-state index contributed by atoms with van der Waals surface area (Å²) in [6.45, 7) is -0.796. The molecule has 0 saturated heterocycles. The van der Waals surface area contributed by atoms with Crippen LogP contribution in [0.15, 0.2) is 65.9 Å². The fourth-order valence-electron chi connectivity index (χ4n) is 3.43. The van der Waals surface area contributed by atoms with E-state index in [-0.39, 0.29) is 17.2 Å². The van der Waals surface area contributed by atoms with Crippen molar-refractivity contribution in [3.8, 4) is 11.3 Å². The van der Waals surface area contributed by atoms with E-state index in [1.807, 2.05) is 0 Å². The van der Waals surface area contributed by atoms with Crippen LogP contribution in [0.4, 0.5) is 8.78 Å². The highest BCUT2D eigenvalue weighted by Crippen LogP contribution is 2.41. The topological polar surface area (TPSA) is 84.5 Å². The van der Waals surface area contributed by atoms with Crippen molar-refractivity contribution < 1.29 is 13.6 Å². The van der Waals surface area contributed by atoms with Gasteiger partial charge in [0.05, 0.1) is 11.4 Å². The third-order valence-corrected chi connectivity index (χ3v) is 4.94. The van der Waals surface area contributed by atoms with E-state index in [9.17, 15) is 13.6 Å². The van der Waals surface area contributed by atoms with Gasteiger partial charge < -0.3 is 5.73 Å². The summed E-state index contributed by atoms with van der Waals surface area (Å²) in [6.07, 6.45) is 2.96. The van der Waals surface area contributed by atoms with Gasteiger partial charge in [-0.1, -0.05) is 12.1 Å². The molecule has 1 aliphatic heterocycles. The first-order valence-electron chi connectivity index (χ1n) is 8.83. The first-order chi connectivity index (χ1) is 14.0. The van der Waals surface area contributed by atoms with E-state index in [1.165, 1.54) is 42.4 Å². The van der Waals surface area contributed by atoms with Crippen molar-refractivity contribution >= 4 is 11.9 Å². The van der Waals surface area contributed by atoms with Gasteiger partial charge in [-0.15, -0.1) is 0 Å². The Morgan fingerprint density at radius 1 is 1.07 bits per heavy atom. The molecule has 1 unspecified atom stereocenters. The van der Waals surface area contributed by atoms with E-state index < -0.39 is 23.9 Å². The first-order valence-corrected chi connectivity index (χ1v) is 8.83. The molecule has 0 fully saturated rings. The molecule has 0 saturated carbocycles. The lowest BCUT2D eigenvalue weighted by atomic mass is 9.82. The number of likely N-dealkylation sites (N-methyl/N-ethyl adjacent to an activating group) is 1. The fourth-order valence-corrected chi connectivity index (χ4v) is 3.43. The number of guanidine groups is 1. The molecule has 0 radical (unpaired) electrons. The van der Waals surface area contributed by atoms with Crippen LogP contribution >= 0.6 is 0 Å². The quantitative estimate of drug-likeness (QED) is 0.739. The second-order valence-electron chi connectivity index (χ2n) is 6.62. The predicted molar refractivity (Wildman–Crippen MR) is 104 cm³/mol. The summed E-state index contributed by atoms with van der Waals surface area (Å²) in [5.74, 6) is -0.903. The van der Waals surface area contributed by atoms with Crippen molar-refractivity contribution in [2.24, 2.45) is 10.7 Å². The molecule has 0 bridgehead atoms. The number of carbonyl (C=O) groups is 1. The number of halogens is 2. The number of nitrogens with zero attached hydrogens (tertiary/aromatic N) is 4. The molecule has 4 rings (SSSR count). The number of aliphatic imine (C=N–C) groups is 1. The van der Waals surface area contributed by atoms with E-state index in [0.717, 1.165) is 0 Å². The number of hydrogen-bond acceptors (Lipinski definition) is 5. The summed E-state index contributed by atoms with van der Waals surface area (Å²) in [5, 5.41) is 0. The number of amides is 1. The number of aromatic nitrogens is 2. The number of hydrogen-bond donors (Lipinski definition) is 1. The van der Waals surface area contributed by atoms with Crippen LogP contribution in [-0.2, 0) is 17.0 Å². The number of nitrogens with two attached hydrogens (primary N) is 1.